The highest BCUT2D eigenvalue weighted by molar-refractivity contribution is 7.99. The lowest BCUT2D eigenvalue weighted by atomic mass is 9.85. The van der Waals surface area contributed by atoms with Crippen LogP contribution in [0.4, 0.5) is 0 Å². The molecule has 2 aromatic rings. The molecule has 1 aromatic heterocycles. The maximum atomic E-state index is 12.9. The Morgan fingerprint density at radius 2 is 2.04 bits per heavy atom. The smallest absolute Gasteiger partial charge is 0.197 e. The summed E-state index contributed by atoms with van der Waals surface area (Å²) in [7, 11) is 5.11. The van der Waals surface area contributed by atoms with E-state index in [1.165, 1.54) is 24.9 Å². The van der Waals surface area contributed by atoms with Crippen molar-refractivity contribution in [2.75, 3.05) is 40.1 Å². The van der Waals surface area contributed by atoms with E-state index in [0.29, 0.717) is 34.1 Å². The Morgan fingerprint density at radius 3 is 2.68 bits per heavy atom. The van der Waals surface area contributed by atoms with Crippen molar-refractivity contribution in [2.45, 2.75) is 43.3 Å². The molecule has 0 radical (unpaired) electrons. The molecular formula is C21H29NO5S. The summed E-state index contributed by atoms with van der Waals surface area (Å²) in [5, 5.41) is 11.8. The third-order valence-corrected chi connectivity index (χ3v) is 6.26. The molecule has 6 nitrogen and oxygen atoms in total. The Labute approximate surface area is 169 Å². The van der Waals surface area contributed by atoms with E-state index in [0.717, 1.165) is 37.1 Å². The molecule has 28 heavy (non-hydrogen) atoms. The molecular weight excluding hydrogens is 378 g/mol. The zero-order chi connectivity index (χ0) is 20.3. The zero-order valence-electron chi connectivity index (χ0n) is 17.0. The second-order valence-electron chi connectivity index (χ2n) is 7.26. The van der Waals surface area contributed by atoms with E-state index in [1.54, 1.807) is 13.2 Å². The van der Waals surface area contributed by atoms with Gasteiger partial charge < -0.3 is 23.9 Å². The molecule has 2 heterocycles. The number of methoxy groups -OCH3 is 2. The van der Waals surface area contributed by atoms with Gasteiger partial charge in [-0.15, -0.1) is 0 Å². The number of aliphatic hydroxyl groups is 1. The first-order chi connectivity index (χ1) is 13.5. The highest BCUT2D eigenvalue weighted by atomic mass is 32.2. The quantitative estimate of drug-likeness (QED) is 0.556. The molecule has 1 N–H and O–H groups in total. The van der Waals surface area contributed by atoms with E-state index in [-0.39, 0.29) is 11.3 Å². The van der Waals surface area contributed by atoms with Crippen LogP contribution in [0.5, 0.6) is 11.5 Å². The number of unbranched alkanes of at least 4 members (excludes halogenated alkanes) is 1. The molecule has 1 aliphatic rings. The molecule has 154 valence electrons. The molecule has 1 fully saturated rings. The minimum Gasteiger partial charge on any atom is -0.496 e. The number of piperidine rings is 1. The van der Waals surface area contributed by atoms with Crippen molar-refractivity contribution < 1.29 is 19.0 Å². The fraction of sp³-hybridized carbons (Fsp3) is 0.571. The lowest BCUT2D eigenvalue weighted by Crippen LogP contribution is -2.40. The van der Waals surface area contributed by atoms with Crippen LogP contribution in [-0.4, -0.2) is 56.2 Å². The summed E-state index contributed by atoms with van der Waals surface area (Å²) in [5.74, 6) is 1.73. The van der Waals surface area contributed by atoms with E-state index in [9.17, 15) is 9.90 Å². The lowest BCUT2D eigenvalue weighted by Gasteiger charge is -2.34. The highest BCUT2D eigenvalue weighted by Crippen LogP contribution is 2.43. The van der Waals surface area contributed by atoms with Gasteiger partial charge in [0.2, 0.25) is 0 Å². The van der Waals surface area contributed by atoms with Gasteiger partial charge in [0.15, 0.2) is 10.5 Å². The van der Waals surface area contributed by atoms with Crippen LogP contribution in [0.2, 0.25) is 0 Å². The number of hydrogen-bond acceptors (Lipinski definition) is 7. The molecule has 2 atom stereocenters. The Hall–Kier alpha value is -1.70. The van der Waals surface area contributed by atoms with Crippen LogP contribution >= 0.6 is 11.8 Å². The maximum absolute atomic E-state index is 12.9. The van der Waals surface area contributed by atoms with E-state index in [2.05, 4.69) is 11.8 Å². The van der Waals surface area contributed by atoms with Gasteiger partial charge in [0.1, 0.15) is 22.5 Å². The Balaban J connectivity index is 2.20. The molecule has 1 aliphatic heterocycles. The predicted octanol–water partition coefficient (Wildman–Crippen LogP) is 3.48. The Morgan fingerprint density at radius 1 is 1.29 bits per heavy atom. The van der Waals surface area contributed by atoms with E-state index in [1.807, 2.05) is 7.05 Å². The van der Waals surface area contributed by atoms with Crippen molar-refractivity contribution in [3.05, 3.63) is 27.9 Å². The summed E-state index contributed by atoms with van der Waals surface area (Å²) in [6.45, 7) is 3.55. The van der Waals surface area contributed by atoms with Crippen LogP contribution in [0.25, 0.3) is 11.0 Å². The molecule has 0 bridgehead atoms. The van der Waals surface area contributed by atoms with Crippen molar-refractivity contribution in [3.63, 3.8) is 0 Å². The lowest BCUT2D eigenvalue weighted by molar-refractivity contribution is 0.0630. The Bertz CT molecular complexity index is 881. The molecule has 0 saturated carbocycles. The largest absolute Gasteiger partial charge is 0.496 e. The molecule has 1 aromatic carbocycles. The van der Waals surface area contributed by atoms with Gasteiger partial charge in [-0.1, -0.05) is 25.1 Å². The predicted molar refractivity (Wildman–Crippen MR) is 112 cm³/mol. The van der Waals surface area contributed by atoms with Crippen LogP contribution in [0.3, 0.4) is 0 Å². The fourth-order valence-corrected chi connectivity index (χ4v) is 4.74. The van der Waals surface area contributed by atoms with Crippen molar-refractivity contribution in [2.24, 2.45) is 0 Å². The number of β-amino-alcohol motifs (C(OH)–C–C–N with tert-alkyl or cyclic N) is 1. The zero-order valence-corrected chi connectivity index (χ0v) is 17.8. The van der Waals surface area contributed by atoms with Crippen LogP contribution in [-0.2, 0) is 0 Å². The number of hydrogen-bond donors (Lipinski definition) is 1. The van der Waals surface area contributed by atoms with Crippen LogP contribution in [0.1, 0.15) is 37.7 Å². The number of ether oxygens (including phenoxy) is 2. The normalized spacial score (nSPS) is 20.5. The molecule has 0 aliphatic carbocycles. The van der Waals surface area contributed by atoms with Gasteiger partial charge in [0.05, 0.1) is 20.3 Å². The van der Waals surface area contributed by atoms with Crippen LogP contribution < -0.4 is 14.9 Å². The van der Waals surface area contributed by atoms with Gasteiger partial charge in [0, 0.05) is 35.9 Å². The third-order valence-electron chi connectivity index (χ3n) is 5.28. The summed E-state index contributed by atoms with van der Waals surface area (Å²) in [6.07, 6.45) is 2.33. The first-order valence-corrected chi connectivity index (χ1v) is 10.7. The van der Waals surface area contributed by atoms with Gasteiger partial charge in [-0.05, 0) is 26.4 Å². The minimum atomic E-state index is -0.564. The number of rotatable bonds is 7. The summed E-state index contributed by atoms with van der Waals surface area (Å²) in [5.41, 5.74) is 1.09. The van der Waals surface area contributed by atoms with Crippen molar-refractivity contribution in [3.8, 4) is 11.5 Å². The van der Waals surface area contributed by atoms with E-state index in [4.69, 9.17) is 13.9 Å². The first-order valence-electron chi connectivity index (χ1n) is 9.72. The Kier molecular flexibility index (Phi) is 6.91. The molecule has 2 unspecified atom stereocenters. The number of fused-ring (bicyclic) bond motifs is 1. The van der Waals surface area contributed by atoms with E-state index >= 15 is 0 Å². The third kappa shape index (κ3) is 4.16. The second kappa shape index (κ2) is 9.20. The molecule has 0 amide bonds. The van der Waals surface area contributed by atoms with Gasteiger partial charge in [0.25, 0.3) is 0 Å². The second-order valence-corrected chi connectivity index (χ2v) is 8.35. The SMILES string of the molecule is CCCCSc1cc(=O)c2c(OC)cc(OC)c(C3CCN(C)CC3O)c2o1. The summed E-state index contributed by atoms with van der Waals surface area (Å²) >= 11 is 1.54. The van der Waals surface area contributed by atoms with Gasteiger partial charge in [-0.2, -0.15) is 0 Å². The van der Waals surface area contributed by atoms with Gasteiger partial charge >= 0.3 is 0 Å². The van der Waals surface area contributed by atoms with Crippen molar-refractivity contribution in [1.82, 2.24) is 4.90 Å². The minimum absolute atomic E-state index is 0.136. The van der Waals surface area contributed by atoms with Crippen molar-refractivity contribution in [1.29, 1.82) is 0 Å². The highest BCUT2D eigenvalue weighted by Gasteiger charge is 2.33. The topological polar surface area (TPSA) is 72.1 Å². The van der Waals surface area contributed by atoms with Gasteiger partial charge in [-0.3, -0.25) is 4.79 Å². The summed E-state index contributed by atoms with van der Waals surface area (Å²) < 4.78 is 17.3. The molecule has 1 saturated heterocycles. The maximum Gasteiger partial charge on any atom is 0.197 e. The average molecular weight is 408 g/mol. The first kappa shape index (κ1) is 21.0. The number of likely N-dealkylation sites (N-methyl/N-ethyl adjacent to an activating group) is 1. The molecule has 7 heteroatoms. The summed E-state index contributed by atoms with van der Waals surface area (Å²) in [6, 6.07) is 3.26. The monoisotopic (exact) mass is 407 g/mol. The standard InChI is InChI=1S/C21H29NO5S/c1-5-6-9-28-18-10-14(23)20-17(26-4)11-16(25-3)19(21(20)27-18)13-7-8-22(2)12-15(13)24/h10-11,13,15,24H,5-9,12H2,1-4H3. The molecule has 0 spiro atoms. The van der Waals surface area contributed by atoms with Crippen LogP contribution in [0, 0.1) is 0 Å². The number of nitrogens with zero attached hydrogens (tertiary/aromatic N) is 1. The summed E-state index contributed by atoms with van der Waals surface area (Å²) in [4.78, 5) is 15.0. The molecule has 3 rings (SSSR count). The number of thioether (sulfide) groups is 1. The van der Waals surface area contributed by atoms with Crippen molar-refractivity contribution >= 4 is 22.7 Å². The number of benzene rings is 1. The van der Waals surface area contributed by atoms with Crippen LogP contribution in [0.15, 0.2) is 26.4 Å². The number of aliphatic hydroxyl groups excluding tert-OH is 1. The van der Waals surface area contributed by atoms with E-state index < -0.39 is 6.10 Å². The average Bonchev–Trinajstić information content (AvgIpc) is 2.67. The van der Waals surface area contributed by atoms with Gasteiger partial charge in [-0.25, -0.2) is 0 Å². The number of likely N-dealkylation sites (tertiary alicyclic amines) is 1. The fourth-order valence-electron chi connectivity index (χ4n) is 3.77.